The van der Waals surface area contributed by atoms with Crippen molar-refractivity contribution in [2.24, 2.45) is 0 Å². The monoisotopic (exact) mass is 266 g/mol. The molecule has 4 N–H and O–H groups in total. The van der Waals surface area contributed by atoms with E-state index in [0.29, 0.717) is 29.5 Å². The Morgan fingerprint density at radius 3 is 2.83 bits per heavy atom. The summed E-state index contributed by atoms with van der Waals surface area (Å²) in [7, 11) is -0.892. The van der Waals surface area contributed by atoms with E-state index in [1.165, 1.54) is 0 Å². The minimum Gasteiger partial charge on any atom is -0.399 e. The fraction of sp³-hybridized carbons (Fsp3) is 0.300. The molecule has 0 spiro atoms. The van der Waals surface area contributed by atoms with Gasteiger partial charge in [0.2, 0.25) is 0 Å². The highest BCUT2D eigenvalue weighted by Gasteiger charge is 2.12. The average molecular weight is 266 g/mol. The van der Waals surface area contributed by atoms with Gasteiger partial charge >= 0.3 is 0 Å². The molecule has 1 aromatic heterocycles. The Morgan fingerprint density at radius 1 is 1.39 bits per heavy atom. The van der Waals surface area contributed by atoms with Crippen LogP contribution in [0.3, 0.4) is 0 Å². The molecule has 0 saturated carbocycles. The molecule has 2 rings (SSSR count). The first-order valence-electron chi connectivity index (χ1n) is 5.29. The fourth-order valence-corrected chi connectivity index (χ4v) is 1.98. The number of nitrogens with zero attached hydrogens (tertiary/aromatic N) is 4. The summed E-state index contributed by atoms with van der Waals surface area (Å²) in [5, 5.41) is 11.4. The molecule has 1 unspecified atom stereocenters. The van der Waals surface area contributed by atoms with Crippen LogP contribution >= 0.6 is 0 Å². The molecule has 0 aliphatic carbocycles. The minimum absolute atomic E-state index is 0.481. The highest BCUT2D eigenvalue weighted by Crippen LogP contribution is 2.25. The van der Waals surface area contributed by atoms with Crippen molar-refractivity contribution in [1.82, 2.24) is 20.2 Å². The minimum atomic E-state index is -0.892. The summed E-state index contributed by atoms with van der Waals surface area (Å²) in [4.78, 5) is 0. The number of anilines is 2. The zero-order valence-electron chi connectivity index (χ0n) is 9.91. The first-order valence-corrected chi connectivity index (χ1v) is 7.02. The fourth-order valence-electron chi connectivity index (χ4n) is 1.55. The first kappa shape index (κ1) is 12.5. The van der Waals surface area contributed by atoms with Crippen molar-refractivity contribution < 1.29 is 4.21 Å². The third-order valence-electron chi connectivity index (χ3n) is 2.44. The van der Waals surface area contributed by atoms with Gasteiger partial charge in [-0.2, -0.15) is 0 Å². The van der Waals surface area contributed by atoms with E-state index in [4.69, 9.17) is 11.5 Å². The summed E-state index contributed by atoms with van der Waals surface area (Å²) in [5.74, 6) is 1.05. The summed E-state index contributed by atoms with van der Waals surface area (Å²) in [6.45, 7) is 0.481. The third-order valence-corrected chi connectivity index (χ3v) is 3.20. The molecule has 7 nitrogen and oxygen atoms in total. The van der Waals surface area contributed by atoms with Crippen molar-refractivity contribution >= 4 is 22.2 Å². The zero-order chi connectivity index (χ0) is 13.1. The van der Waals surface area contributed by atoms with Crippen LogP contribution in [0.5, 0.6) is 0 Å². The summed E-state index contributed by atoms with van der Waals surface area (Å²) in [6, 6.07) is 5.17. The Bertz CT molecular complexity index is 581. The van der Waals surface area contributed by atoms with Crippen molar-refractivity contribution in [1.29, 1.82) is 0 Å². The van der Waals surface area contributed by atoms with E-state index in [1.54, 1.807) is 29.1 Å². The van der Waals surface area contributed by atoms with Crippen LogP contribution in [0.15, 0.2) is 18.2 Å². The van der Waals surface area contributed by atoms with E-state index in [0.717, 1.165) is 5.56 Å². The van der Waals surface area contributed by atoms with Gasteiger partial charge in [0.1, 0.15) is 0 Å². The molecule has 0 fully saturated rings. The Balaban J connectivity index is 2.33. The van der Waals surface area contributed by atoms with E-state index in [-0.39, 0.29) is 0 Å². The Labute approximate surface area is 107 Å². The second kappa shape index (κ2) is 5.13. The zero-order valence-corrected chi connectivity index (χ0v) is 10.7. The van der Waals surface area contributed by atoms with Gasteiger partial charge < -0.3 is 11.5 Å². The molecule has 1 atom stereocenters. The standard InChI is InChI=1S/C10H14N6OS/c1-18(17)5-4-16-10(13-14-15-16)8-3-2-7(11)6-9(8)12/h2-3,6H,4-5,11-12H2,1H3. The molecule has 96 valence electrons. The third kappa shape index (κ3) is 2.65. The van der Waals surface area contributed by atoms with Crippen molar-refractivity contribution in [3.63, 3.8) is 0 Å². The van der Waals surface area contributed by atoms with E-state index < -0.39 is 10.8 Å². The lowest BCUT2D eigenvalue weighted by molar-refractivity contribution is 0.625. The molecule has 0 aliphatic rings. The Kier molecular flexibility index (Phi) is 3.56. The number of rotatable bonds is 4. The number of tetrazole rings is 1. The molecule has 0 radical (unpaired) electrons. The van der Waals surface area contributed by atoms with Crippen molar-refractivity contribution in [2.75, 3.05) is 23.5 Å². The summed E-state index contributed by atoms with van der Waals surface area (Å²) < 4.78 is 12.7. The van der Waals surface area contributed by atoms with Crippen molar-refractivity contribution in [2.45, 2.75) is 6.54 Å². The van der Waals surface area contributed by atoms with Crippen LogP contribution in [0.2, 0.25) is 0 Å². The molecule has 18 heavy (non-hydrogen) atoms. The van der Waals surface area contributed by atoms with Crippen molar-refractivity contribution in [3.8, 4) is 11.4 Å². The smallest absolute Gasteiger partial charge is 0.184 e. The normalized spacial score (nSPS) is 12.5. The lowest BCUT2D eigenvalue weighted by Gasteiger charge is -2.06. The molecule has 0 amide bonds. The summed E-state index contributed by atoms with van der Waals surface area (Å²) >= 11 is 0. The van der Waals surface area contributed by atoms with Gasteiger partial charge in [0.15, 0.2) is 5.82 Å². The predicted molar refractivity (Wildman–Crippen MR) is 71.0 cm³/mol. The van der Waals surface area contributed by atoms with E-state index in [1.807, 2.05) is 0 Å². The highest BCUT2D eigenvalue weighted by atomic mass is 32.2. The Hall–Kier alpha value is -1.96. The molecular weight excluding hydrogens is 252 g/mol. The lowest BCUT2D eigenvalue weighted by atomic mass is 10.1. The van der Waals surface area contributed by atoms with Gasteiger partial charge in [0.25, 0.3) is 0 Å². The highest BCUT2D eigenvalue weighted by molar-refractivity contribution is 7.84. The first-order chi connectivity index (χ1) is 8.58. The molecule has 8 heteroatoms. The number of hydrogen-bond donors (Lipinski definition) is 2. The number of nitrogens with two attached hydrogens (primary N) is 2. The summed E-state index contributed by atoms with van der Waals surface area (Å²) in [5.41, 5.74) is 13.4. The predicted octanol–water partition coefficient (Wildman–Crippen LogP) is -0.117. The molecule has 0 saturated heterocycles. The van der Waals surface area contributed by atoms with Crippen LogP contribution in [0, 0.1) is 0 Å². The molecule has 1 aromatic carbocycles. The topological polar surface area (TPSA) is 113 Å². The molecule has 0 bridgehead atoms. The van der Waals surface area contributed by atoms with Gasteiger partial charge in [-0.05, 0) is 28.6 Å². The number of benzene rings is 1. The van der Waals surface area contributed by atoms with Crippen LogP contribution < -0.4 is 11.5 Å². The van der Waals surface area contributed by atoms with Gasteiger partial charge in [-0.15, -0.1) is 5.10 Å². The van der Waals surface area contributed by atoms with Gasteiger partial charge in [0.05, 0.1) is 6.54 Å². The lowest BCUT2D eigenvalue weighted by Crippen LogP contribution is -2.10. The molecule has 2 aromatic rings. The van der Waals surface area contributed by atoms with E-state index in [9.17, 15) is 4.21 Å². The molecule has 1 heterocycles. The molecular formula is C10H14N6OS. The van der Waals surface area contributed by atoms with Crippen LogP contribution in [0.25, 0.3) is 11.4 Å². The second-order valence-corrected chi connectivity index (χ2v) is 5.40. The maximum atomic E-state index is 11.1. The summed E-state index contributed by atoms with van der Waals surface area (Å²) in [6.07, 6.45) is 1.64. The largest absolute Gasteiger partial charge is 0.399 e. The van der Waals surface area contributed by atoms with Crippen LogP contribution in [0.4, 0.5) is 11.4 Å². The molecule has 0 aliphatic heterocycles. The Morgan fingerprint density at radius 2 is 2.17 bits per heavy atom. The number of aromatic nitrogens is 4. The maximum Gasteiger partial charge on any atom is 0.184 e. The van der Waals surface area contributed by atoms with Crippen LogP contribution in [-0.2, 0) is 17.3 Å². The maximum absolute atomic E-state index is 11.1. The van der Waals surface area contributed by atoms with Gasteiger partial charge in [0, 0.05) is 39.7 Å². The van der Waals surface area contributed by atoms with Crippen molar-refractivity contribution in [3.05, 3.63) is 18.2 Å². The van der Waals surface area contributed by atoms with Crippen LogP contribution in [-0.4, -0.2) is 36.4 Å². The average Bonchev–Trinajstić information content (AvgIpc) is 2.74. The number of aryl methyl sites for hydroxylation is 1. The van der Waals surface area contributed by atoms with Crippen LogP contribution in [0.1, 0.15) is 0 Å². The number of nitrogen functional groups attached to an aromatic ring is 2. The SMILES string of the molecule is CS(=O)CCn1nnnc1-c1ccc(N)cc1N. The van der Waals surface area contributed by atoms with Gasteiger partial charge in [-0.25, -0.2) is 4.68 Å². The number of hydrogen-bond acceptors (Lipinski definition) is 6. The van der Waals surface area contributed by atoms with E-state index in [2.05, 4.69) is 15.5 Å². The second-order valence-electron chi connectivity index (χ2n) is 3.85. The van der Waals surface area contributed by atoms with E-state index >= 15 is 0 Å². The van der Waals surface area contributed by atoms with Gasteiger partial charge in [-0.1, -0.05) is 0 Å². The van der Waals surface area contributed by atoms with Gasteiger partial charge in [-0.3, -0.25) is 4.21 Å². The quantitative estimate of drug-likeness (QED) is 0.746.